The van der Waals surface area contributed by atoms with E-state index in [9.17, 15) is 4.79 Å². The van der Waals surface area contributed by atoms with E-state index in [0.29, 0.717) is 12.6 Å². The second-order valence-corrected chi connectivity index (χ2v) is 6.28. The Morgan fingerprint density at radius 2 is 1.95 bits per heavy atom. The molecule has 1 unspecified atom stereocenters. The second kappa shape index (κ2) is 7.44. The van der Waals surface area contributed by atoms with E-state index in [2.05, 4.69) is 35.3 Å². The first-order chi connectivity index (χ1) is 10.2. The van der Waals surface area contributed by atoms with Gasteiger partial charge in [-0.05, 0) is 44.9 Å². The first-order valence-corrected chi connectivity index (χ1v) is 7.98. The molecule has 2 aliphatic rings. The van der Waals surface area contributed by atoms with Gasteiger partial charge in [-0.1, -0.05) is 18.2 Å². The molecule has 1 saturated heterocycles. The molecule has 0 spiro atoms. The van der Waals surface area contributed by atoms with Crippen molar-refractivity contribution >= 4 is 24.0 Å². The van der Waals surface area contributed by atoms with E-state index in [0.717, 1.165) is 38.0 Å². The van der Waals surface area contributed by atoms with Crippen LogP contribution in [-0.4, -0.2) is 49.6 Å². The summed E-state index contributed by atoms with van der Waals surface area (Å²) in [5.41, 5.74) is 2.41. The van der Waals surface area contributed by atoms with Gasteiger partial charge in [-0.15, -0.1) is 12.4 Å². The van der Waals surface area contributed by atoms with Crippen molar-refractivity contribution < 1.29 is 4.79 Å². The number of halogens is 1. The van der Waals surface area contributed by atoms with Crippen LogP contribution in [0.2, 0.25) is 0 Å². The van der Waals surface area contributed by atoms with E-state index in [4.69, 9.17) is 0 Å². The molecule has 2 aliphatic heterocycles. The molecule has 0 saturated carbocycles. The zero-order valence-electron chi connectivity index (χ0n) is 13.4. The number of likely N-dealkylation sites (tertiary alicyclic amines) is 1. The molecule has 0 bridgehead atoms. The Balaban J connectivity index is 0.00000176. The third-order valence-corrected chi connectivity index (χ3v) is 4.83. The number of piperidine rings is 1. The smallest absolute Gasteiger partial charge is 0.241 e. The Morgan fingerprint density at radius 1 is 1.27 bits per heavy atom. The molecule has 1 fully saturated rings. The number of para-hydroxylation sites is 1. The monoisotopic (exact) mass is 323 g/mol. The van der Waals surface area contributed by atoms with Crippen LogP contribution in [0.5, 0.6) is 0 Å². The fourth-order valence-electron chi connectivity index (χ4n) is 3.59. The fraction of sp³-hybridized carbons (Fsp3) is 0.588. The standard InChI is InChI=1S/C17H25N3O.ClH/c1-13-11-14-5-3-4-6-16(14)20(13)17(21)12-19-9-7-15(18-2)8-10-19;/h3-6,13,15,18H,7-12H2,1-2H3;1H. The van der Waals surface area contributed by atoms with Gasteiger partial charge in [-0.3, -0.25) is 9.69 Å². The van der Waals surface area contributed by atoms with Gasteiger partial charge in [0.05, 0.1) is 6.54 Å². The van der Waals surface area contributed by atoms with Crippen LogP contribution in [0.1, 0.15) is 25.3 Å². The largest absolute Gasteiger partial charge is 0.317 e. The molecule has 1 N–H and O–H groups in total. The summed E-state index contributed by atoms with van der Waals surface area (Å²) in [5, 5.41) is 3.33. The molecule has 4 nitrogen and oxygen atoms in total. The lowest BCUT2D eigenvalue weighted by Crippen LogP contribution is -2.47. The van der Waals surface area contributed by atoms with Crippen molar-refractivity contribution in [3.63, 3.8) is 0 Å². The van der Waals surface area contributed by atoms with Gasteiger partial charge in [-0.25, -0.2) is 0 Å². The summed E-state index contributed by atoms with van der Waals surface area (Å²) in [4.78, 5) is 17.0. The minimum atomic E-state index is 0. The van der Waals surface area contributed by atoms with Gasteiger partial charge in [0.2, 0.25) is 5.91 Å². The normalized spacial score (nSPS) is 22.3. The van der Waals surface area contributed by atoms with Gasteiger partial charge in [0.25, 0.3) is 0 Å². The fourth-order valence-corrected chi connectivity index (χ4v) is 3.59. The number of carbonyl (C=O) groups excluding carboxylic acids is 1. The molecule has 122 valence electrons. The first-order valence-electron chi connectivity index (χ1n) is 7.98. The summed E-state index contributed by atoms with van der Waals surface area (Å²) in [7, 11) is 2.02. The summed E-state index contributed by atoms with van der Waals surface area (Å²) in [6.07, 6.45) is 3.25. The van der Waals surface area contributed by atoms with Crippen molar-refractivity contribution in [2.24, 2.45) is 0 Å². The molecule has 1 amide bonds. The van der Waals surface area contributed by atoms with Crippen molar-refractivity contribution in [1.29, 1.82) is 0 Å². The average Bonchev–Trinajstić information content (AvgIpc) is 2.83. The highest BCUT2D eigenvalue weighted by molar-refractivity contribution is 5.97. The van der Waals surface area contributed by atoms with E-state index in [1.54, 1.807) is 0 Å². The summed E-state index contributed by atoms with van der Waals surface area (Å²) < 4.78 is 0. The zero-order chi connectivity index (χ0) is 14.8. The summed E-state index contributed by atoms with van der Waals surface area (Å²) in [6, 6.07) is 9.19. The van der Waals surface area contributed by atoms with Crippen LogP contribution in [0.3, 0.4) is 0 Å². The SMILES string of the molecule is CNC1CCN(CC(=O)N2c3ccccc3CC2C)CC1.Cl. The second-order valence-electron chi connectivity index (χ2n) is 6.28. The number of amides is 1. The highest BCUT2D eigenvalue weighted by Gasteiger charge is 2.31. The number of nitrogens with zero attached hydrogens (tertiary/aromatic N) is 2. The maximum absolute atomic E-state index is 12.7. The van der Waals surface area contributed by atoms with Crippen LogP contribution in [0.4, 0.5) is 5.69 Å². The molecular weight excluding hydrogens is 298 g/mol. The van der Waals surface area contributed by atoms with Gasteiger partial charge >= 0.3 is 0 Å². The molecule has 22 heavy (non-hydrogen) atoms. The average molecular weight is 324 g/mol. The van der Waals surface area contributed by atoms with Crippen LogP contribution in [0, 0.1) is 0 Å². The van der Waals surface area contributed by atoms with Gasteiger partial charge < -0.3 is 10.2 Å². The highest BCUT2D eigenvalue weighted by Crippen LogP contribution is 2.31. The Labute approximate surface area is 139 Å². The van der Waals surface area contributed by atoms with Gasteiger partial charge in [0.15, 0.2) is 0 Å². The van der Waals surface area contributed by atoms with E-state index < -0.39 is 0 Å². The van der Waals surface area contributed by atoms with Crippen LogP contribution < -0.4 is 10.2 Å². The van der Waals surface area contributed by atoms with E-state index in [1.165, 1.54) is 5.56 Å². The number of carbonyl (C=O) groups is 1. The molecule has 0 aliphatic carbocycles. The molecule has 1 aromatic carbocycles. The number of hydrogen-bond acceptors (Lipinski definition) is 3. The number of hydrogen-bond donors (Lipinski definition) is 1. The molecular formula is C17H26ClN3O. The lowest BCUT2D eigenvalue weighted by atomic mass is 10.1. The molecule has 3 rings (SSSR count). The van der Waals surface area contributed by atoms with Crippen molar-refractivity contribution in [3.8, 4) is 0 Å². The van der Waals surface area contributed by atoms with Gasteiger partial charge in [0.1, 0.15) is 0 Å². The minimum absolute atomic E-state index is 0. The quantitative estimate of drug-likeness (QED) is 0.925. The summed E-state index contributed by atoms with van der Waals surface area (Å²) in [5.74, 6) is 0.246. The lowest BCUT2D eigenvalue weighted by Gasteiger charge is -2.33. The van der Waals surface area contributed by atoms with Crippen LogP contribution >= 0.6 is 12.4 Å². The summed E-state index contributed by atoms with van der Waals surface area (Å²) >= 11 is 0. The van der Waals surface area contributed by atoms with Gasteiger partial charge in [-0.2, -0.15) is 0 Å². The third kappa shape index (κ3) is 3.45. The van der Waals surface area contributed by atoms with Crippen LogP contribution in [0.25, 0.3) is 0 Å². The molecule has 0 aromatic heterocycles. The zero-order valence-corrected chi connectivity index (χ0v) is 14.2. The maximum Gasteiger partial charge on any atom is 0.241 e. The lowest BCUT2D eigenvalue weighted by molar-refractivity contribution is -0.120. The highest BCUT2D eigenvalue weighted by atomic mass is 35.5. The topological polar surface area (TPSA) is 35.6 Å². The van der Waals surface area contributed by atoms with Crippen LogP contribution in [0.15, 0.2) is 24.3 Å². The predicted octanol–water partition coefficient (Wildman–Crippen LogP) is 2.07. The Bertz CT molecular complexity index is 514. The third-order valence-electron chi connectivity index (χ3n) is 4.83. The van der Waals surface area contributed by atoms with E-state index in [-0.39, 0.29) is 24.4 Å². The number of benzene rings is 1. The molecule has 5 heteroatoms. The number of rotatable bonds is 3. The van der Waals surface area contributed by atoms with Crippen molar-refractivity contribution in [3.05, 3.63) is 29.8 Å². The Kier molecular flexibility index (Phi) is 5.84. The first kappa shape index (κ1) is 17.3. The number of fused-ring (bicyclic) bond motifs is 1. The molecule has 0 radical (unpaired) electrons. The van der Waals surface area contributed by atoms with Crippen molar-refractivity contribution in [1.82, 2.24) is 10.2 Å². The van der Waals surface area contributed by atoms with Crippen LogP contribution in [-0.2, 0) is 11.2 Å². The van der Waals surface area contributed by atoms with Gasteiger partial charge in [0, 0.05) is 30.9 Å². The van der Waals surface area contributed by atoms with E-state index in [1.807, 2.05) is 18.0 Å². The van der Waals surface area contributed by atoms with Crippen molar-refractivity contribution in [2.45, 2.75) is 38.3 Å². The predicted molar refractivity (Wildman–Crippen MR) is 92.9 cm³/mol. The summed E-state index contributed by atoms with van der Waals surface area (Å²) in [6.45, 7) is 4.72. The number of anilines is 1. The Morgan fingerprint density at radius 3 is 2.64 bits per heavy atom. The van der Waals surface area contributed by atoms with Crippen molar-refractivity contribution in [2.75, 3.05) is 31.6 Å². The minimum Gasteiger partial charge on any atom is -0.317 e. The van der Waals surface area contributed by atoms with E-state index >= 15 is 0 Å². The Hall–Kier alpha value is -1.10. The molecule has 2 heterocycles. The molecule has 1 atom stereocenters. The maximum atomic E-state index is 12.7. The number of nitrogens with one attached hydrogen (secondary N) is 1. The molecule has 1 aromatic rings.